The summed E-state index contributed by atoms with van der Waals surface area (Å²) in [6, 6.07) is 16.7. The van der Waals surface area contributed by atoms with E-state index in [1.54, 1.807) is 18.2 Å². The van der Waals surface area contributed by atoms with E-state index in [9.17, 15) is 13.2 Å². The molecule has 0 radical (unpaired) electrons. The number of sulfonamides is 1. The highest BCUT2D eigenvalue weighted by atomic mass is 32.2. The summed E-state index contributed by atoms with van der Waals surface area (Å²) in [6.45, 7) is 3.02. The number of hydrogen-bond donors (Lipinski definition) is 3. The number of thiophene rings is 1. The molecule has 9 heteroatoms. The summed E-state index contributed by atoms with van der Waals surface area (Å²) in [7, 11) is -3.75. The lowest BCUT2D eigenvalue weighted by Crippen LogP contribution is -2.14. The predicted octanol–water partition coefficient (Wildman–Crippen LogP) is 5.48. The van der Waals surface area contributed by atoms with Crippen molar-refractivity contribution in [3.63, 3.8) is 0 Å². The third kappa shape index (κ3) is 8.24. The van der Waals surface area contributed by atoms with Crippen LogP contribution in [0.15, 0.2) is 70.9 Å². The molecule has 1 aromatic heterocycles. The third-order valence-electron chi connectivity index (χ3n) is 4.30. The number of aromatic carboxylic acids is 1. The van der Waals surface area contributed by atoms with Gasteiger partial charge in [-0.25, -0.2) is 13.2 Å². The number of hydrogen-bond acceptors (Lipinski definition) is 6. The van der Waals surface area contributed by atoms with Crippen molar-refractivity contribution in [2.45, 2.75) is 37.5 Å². The monoisotopic (exact) mass is 476 g/mol. The number of unbranched alkanes of at least 4 members (excludes halogenated alkanes) is 3. The van der Waals surface area contributed by atoms with Crippen molar-refractivity contribution in [1.82, 2.24) is 0 Å². The van der Waals surface area contributed by atoms with Crippen LogP contribution in [-0.2, 0) is 10.0 Å². The zero-order valence-electron chi connectivity index (χ0n) is 17.9. The van der Waals surface area contributed by atoms with E-state index in [4.69, 9.17) is 15.6 Å². The quantitative estimate of drug-likeness (QED) is 0.263. The molecule has 3 rings (SSSR count). The molecule has 32 heavy (non-hydrogen) atoms. The fourth-order valence-electron chi connectivity index (χ4n) is 2.64. The van der Waals surface area contributed by atoms with E-state index in [-0.39, 0.29) is 15.5 Å². The summed E-state index contributed by atoms with van der Waals surface area (Å²) < 4.78 is 31.8. The molecule has 0 saturated carbocycles. The number of carbonyl (C=O) groups is 1. The van der Waals surface area contributed by atoms with E-state index in [0.717, 1.165) is 35.8 Å². The fraction of sp³-hybridized carbons (Fsp3) is 0.261. The Morgan fingerprint density at radius 3 is 2.34 bits per heavy atom. The minimum atomic E-state index is -3.75. The first kappa shape index (κ1) is 25.2. The van der Waals surface area contributed by atoms with Gasteiger partial charge in [-0.3, -0.25) is 4.72 Å². The van der Waals surface area contributed by atoms with E-state index in [2.05, 4.69) is 11.6 Å². The average molecular weight is 477 g/mol. The van der Waals surface area contributed by atoms with Crippen LogP contribution in [0, 0.1) is 0 Å². The van der Waals surface area contributed by atoms with Crippen LogP contribution >= 0.6 is 11.3 Å². The van der Waals surface area contributed by atoms with E-state index < -0.39 is 16.0 Å². The SMILES string of the molecule is CCCCCCOc1ccc(N)cc1.O=C(O)c1sccc1NS(=O)(=O)c1ccccc1. The third-order valence-corrected chi connectivity index (χ3v) is 6.59. The van der Waals surface area contributed by atoms with Crippen molar-refractivity contribution >= 4 is 38.7 Å². The highest BCUT2D eigenvalue weighted by molar-refractivity contribution is 7.92. The molecule has 4 N–H and O–H groups in total. The highest BCUT2D eigenvalue weighted by Crippen LogP contribution is 2.25. The second kappa shape index (κ2) is 12.7. The van der Waals surface area contributed by atoms with Crippen LogP contribution < -0.4 is 15.2 Å². The first-order chi connectivity index (χ1) is 15.3. The van der Waals surface area contributed by atoms with Gasteiger partial charge in [-0.15, -0.1) is 11.3 Å². The highest BCUT2D eigenvalue weighted by Gasteiger charge is 2.19. The van der Waals surface area contributed by atoms with Gasteiger partial charge in [-0.1, -0.05) is 44.4 Å². The molecule has 7 nitrogen and oxygen atoms in total. The number of benzene rings is 2. The first-order valence-corrected chi connectivity index (χ1v) is 12.6. The van der Waals surface area contributed by atoms with Crippen molar-refractivity contribution in [2.24, 2.45) is 0 Å². The first-order valence-electron chi connectivity index (χ1n) is 10.2. The summed E-state index contributed by atoms with van der Waals surface area (Å²) in [6.07, 6.45) is 4.96. The Bertz CT molecular complexity index is 1070. The van der Waals surface area contributed by atoms with E-state index in [1.165, 1.54) is 42.8 Å². The normalized spacial score (nSPS) is 10.7. The largest absolute Gasteiger partial charge is 0.494 e. The average Bonchev–Trinajstić information content (AvgIpc) is 3.24. The Labute approximate surface area is 192 Å². The van der Waals surface area contributed by atoms with Crippen molar-refractivity contribution < 1.29 is 23.1 Å². The van der Waals surface area contributed by atoms with E-state index >= 15 is 0 Å². The number of rotatable bonds is 10. The molecule has 0 aliphatic rings. The predicted molar refractivity (Wildman–Crippen MR) is 129 cm³/mol. The molecule has 0 spiro atoms. The Morgan fingerprint density at radius 1 is 1.03 bits per heavy atom. The molecular formula is C23H28N2O5S2. The smallest absolute Gasteiger partial charge is 0.348 e. The van der Waals surface area contributed by atoms with Gasteiger partial charge in [0, 0.05) is 5.69 Å². The van der Waals surface area contributed by atoms with E-state index in [0.29, 0.717) is 0 Å². The van der Waals surface area contributed by atoms with Gasteiger partial charge in [0.15, 0.2) is 0 Å². The molecule has 2 aromatic carbocycles. The number of nitrogens with one attached hydrogen (secondary N) is 1. The van der Waals surface area contributed by atoms with Crippen molar-refractivity contribution in [3.05, 3.63) is 70.9 Å². The maximum atomic E-state index is 12.0. The van der Waals surface area contributed by atoms with Crippen LogP contribution in [0.1, 0.15) is 42.3 Å². The summed E-state index contributed by atoms with van der Waals surface area (Å²) >= 11 is 0.967. The van der Waals surface area contributed by atoms with Crippen molar-refractivity contribution in [1.29, 1.82) is 0 Å². The van der Waals surface area contributed by atoms with Crippen molar-refractivity contribution in [3.8, 4) is 5.75 Å². The van der Waals surface area contributed by atoms with Gasteiger partial charge in [-0.2, -0.15) is 0 Å². The zero-order chi connectivity index (χ0) is 23.4. The van der Waals surface area contributed by atoms with Crippen LogP contribution in [-0.4, -0.2) is 26.1 Å². The van der Waals surface area contributed by atoms with Crippen LogP contribution in [0.4, 0.5) is 11.4 Å². The number of anilines is 2. The minimum absolute atomic E-state index is 0.0329. The number of ether oxygens (including phenoxy) is 1. The topological polar surface area (TPSA) is 119 Å². The van der Waals surface area contributed by atoms with Crippen LogP contribution in [0.2, 0.25) is 0 Å². The minimum Gasteiger partial charge on any atom is -0.494 e. The van der Waals surface area contributed by atoms with Gasteiger partial charge in [0.25, 0.3) is 10.0 Å². The van der Waals surface area contributed by atoms with Crippen molar-refractivity contribution in [2.75, 3.05) is 17.1 Å². The number of nitrogen functional groups attached to an aromatic ring is 1. The van der Waals surface area contributed by atoms with Gasteiger partial charge >= 0.3 is 5.97 Å². The summed E-state index contributed by atoms with van der Waals surface area (Å²) in [5.41, 5.74) is 6.43. The molecule has 0 amide bonds. The molecule has 0 bridgehead atoms. The lowest BCUT2D eigenvalue weighted by atomic mass is 10.2. The molecule has 1 heterocycles. The Kier molecular flexibility index (Phi) is 10.0. The number of carboxylic acid groups (broad SMARTS) is 1. The molecule has 0 aliphatic heterocycles. The molecule has 172 valence electrons. The second-order valence-corrected chi connectivity index (χ2v) is 9.46. The standard InChI is InChI=1S/C12H19NO.C11H9NO4S2/c1-2-3-4-5-10-14-12-8-6-11(13)7-9-12;13-11(14)10-9(6-7-17-10)12-18(15,16)8-4-2-1-3-5-8/h6-9H,2-5,10,13H2,1H3;1-7,12H,(H,13,14). The lowest BCUT2D eigenvalue weighted by molar-refractivity contribution is 0.0703. The fourth-order valence-corrected chi connectivity index (χ4v) is 4.49. The van der Waals surface area contributed by atoms with Gasteiger partial charge in [0.05, 0.1) is 17.2 Å². The molecular weight excluding hydrogens is 448 g/mol. The van der Waals surface area contributed by atoms with E-state index in [1.807, 2.05) is 24.3 Å². The summed E-state index contributed by atoms with van der Waals surface area (Å²) in [5.74, 6) is -0.244. The van der Waals surface area contributed by atoms with Gasteiger partial charge in [-0.05, 0) is 54.3 Å². The zero-order valence-corrected chi connectivity index (χ0v) is 19.5. The van der Waals surface area contributed by atoms with Gasteiger partial charge < -0.3 is 15.6 Å². The summed E-state index contributed by atoms with van der Waals surface area (Å²) in [5, 5.41) is 10.4. The Hall–Kier alpha value is -3.04. The maximum Gasteiger partial charge on any atom is 0.348 e. The molecule has 0 unspecified atom stereocenters. The van der Waals surface area contributed by atoms with Crippen LogP contribution in [0.5, 0.6) is 5.75 Å². The Balaban J connectivity index is 0.000000235. The Morgan fingerprint density at radius 2 is 1.72 bits per heavy atom. The van der Waals surface area contributed by atoms with Crippen LogP contribution in [0.3, 0.4) is 0 Å². The van der Waals surface area contributed by atoms with Gasteiger partial charge in [0.2, 0.25) is 0 Å². The molecule has 0 saturated heterocycles. The molecule has 0 atom stereocenters. The lowest BCUT2D eigenvalue weighted by Gasteiger charge is -2.07. The number of carboxylic acids is 1. The van der Waals surface area contributed by atoms with Gasteiger partial charge in [0.1, 0.15) is 10.6 Å². The summed E-state index contributed by atoms with van der Waals surface area (Å²) in [4.78, 5) is 10.9. The van der Waals surface area contributed by atoms with Crippen LogP contribution in [0.25, 0.3) is 0 Å². The molecule has 0 aliphatic carbocycles. The molecule has 3 aromatic rings. The maximum absolute atomic E-state index is 12.0. The number of nitrogens with two attached hydrogens (primary N) is 1. The second-order valence-electron chi connectivity index (χ2n) is 6.87. The molecule has 0 fully saturated rings.